The van der Waals surface area contributed by atoms with Crippen molar-refractivity contribution in [3.05, 3.63) is 155 Å². The van der Waals surface area contributed by atoms with Gasteiger partial charge in [0, 0.05) is 11.1 Å². The van der Waals surface area contributed by atoms with Crippen LogP contribution in [0.1, 0.15) is 59.9 Å². The number of nitrogens with zero attached hydrogens (tertiary/aromatic N) is 3. The molecule has 71 heavy (non-hydrogen) atoms. The van der Waals surface area contributed by atoms with Gasteiger partial charge in [0.25, 0.3) is 0 Å². The summed E-state index contributed by atoms with van der Waals surface area (Å²) >= 11 is 1.19. The summed E-state index contributed by atoms with van der Waals surface area (Å²) in [7, 11) is 1.19. The number of fused-ring (bicyclic) bond motifs is 4. The lowest BCUT2D eigenvalue weighted by Gasteiger charge is -2.46. The van der Waals surface area contributed by atoms with Gasteiger partial charge in [0.15, 0.2) is 5.13 Å². The normalized spacial score (nSPS) is 21.6. The van der Waals surface area contributed by atoms with Crippen LogP contribution in [0.3, 0.4) is 0 Å². The highest BCUT2D eigenvalue weighted by Crippen LogP contribution is 2.66. The fourth-order valence-electron chi connectivity index (χ4n) is 10.2. The second kappa shape index (κ2) is 20.1. The molecule has 2 saturated heterocycles. The number of carbonyl (C=O) groups excluding carboxylic acids is 6. The SMILES string of the molecule is COC(=O)C(NC(=O)N1C(=O)C2(c3cc(C#CCNC(N)=O)ccc31)C(C(=O)Nc1nc3ccccc3s1)C1C(=O)OC(c3ccccc3)C(c3ccccc3)N1C2c1ccccc1OCCO)C(C)C. The number of para-hydroxylation sites is 2. The predicted octanol–water partition coefficient (Wildman–Crippen LogP) is 5.90. The number of methoxy groups -OCH3 is 1. The number of cyclic esters (lactones) is 1. The third kappa shape index (κ3) is 8.68. The van der Waals surface area contributed by atoms with Gasteiger partial charge in [0.2, 0.25) is 11.8 Å². The van der Waals surface area contributed by atoms with Crippen molar-refractivity contribution in [3.63, 3.8) is 0 Å². The van der Waals surface area contributed by atoms with Crippen LogP contribution in [0.15, 0.2) is 127 Å². The number of aliphatic hydroxyl groups is 1. The molecule has 17 nitrogen and oxygen atoms in total. The second-order valence-corrected chi connectivity index (χ2v) is 18.5. The summed E-state index contributed by atoms with van der Waals surface area (Å²) in [4.78, 5) is 95.7. The standard InChI is InChI=1S/C53H49N7O10S/c1-30(2)41(47(63)68-3)57-52(67)59-37-25-24-31(15-14-26-55-50(54)66)29-35(37)53(49(59)65)40(46(62)58-51-56-36-21-11-13-23-39(36)71-51)43-48(64)70-44(33-18-8-5-9-19-33)42(32-16-6-4-7-17-32)60(43)45(53)34-20-10-12-22-38(34)69-28-27-61/h4-13,16-25,29-30,40-45,61H,26-28H2,1-3H3,(H,57,67)(H3,54,55,66)(H,56,58,62). The molecule has 362 valence electrons. The number of thiazole rings is 1. The molecule has 18 heteroatoms. The number of primary amides is 1. The number of anilines is 2. The number of nitrogens with two attached hydrogens (primary N) is 1. The molecule has 5 aromatic carbocycles. The van der Waals surface area contributed by atoms with E-state index in [2.05, 4.69) is 27.8 Å². The molecule has 6 aromatic rings. The van der Waals surface area contributed by atoms with Crippen molar-refractivity contribution >= 4 is 68.2 Å². The molecule has 0 saturated carbocycles. The van der Waals surface area contributed by atoms with Gasteiger partial charge in [-0.1, -0.05) is 128 Å². The largest absolute Gasteiger partial charge is 0.491 e. The highest BCUT2D eigenvalue weighted by molar-refractivity contribution is 7.22. The zero-order chi connectivity index (χ0) is 50.0. The highest BCUT2D eigenvalue weighted by atomic mass is 32.1. The van der Waals surface area contributed by atoms with Gasteiger partial charge in [-0.3, -0.25) is 19.3 Å². The molecule has 0 radical (unpaired) electrons. The topological polar surface area (TPSA) is 232 Å². The number of ether oxygens (including phenoxy) is 3. The number of esters is 2. The number of hydrogen-bond acceptors (Lipinski definition) is 13. The molecule has 6 amide bonds. The van der Waals surface area contributed by atoms with Crippen molar-refractivity contribution in [2.24, 2.45) is 17.6 Å². The first-order valence-corrected chi connectivity index (χ1v) is 23.7. The van der Waals surface area contributed by atoms with Crippen LogP contribution in [0.5, 0.6) is 5.75 Å². The van der Waals surface area contributed by atoms with E-state index in [0.29, 0.717) is 27.8 Å². The zero-order valence-electron chi connectivity index (χ0n) is 38.7. The molecule has 7 unspecified atom stereocenters. The van der Waals surface area contributed by atoms with Crippen LogP contribution in [0.2, 0.25) is 0 Å². The van der Waals surface area contributed by atoms with Gasteiger partial charge >= 0.3 is 24.0 Å². The molecular formula is C53H49N7O10S. The lowest BCUT2D eigenvalue weighted by molar-refractivity contribution is -0.178. The van der Waals surface area contributed by atoms with Gasteiger partial charge in [-0.05, 0) is 59.0 Å². The predicted molar refractivity (Wildman–Crippen MR) is 263 cm³/mol. The molecule has 9 rings (SSSR count). The monoisotopic (exact) mass is 975 g/mol. The highest BCUT2D eigenvalue weighted by Gasteiger charge is 2.76. The Morgan fingerprint density at radius 3 is 2.28 bits per heavy atom. The Morgan fingerprint density at radius 1 is 0.901 bits per heavy atom. The molecule has 0 aliphatic carbocycles. The third-order valence-electron chi connectivity index (χ3n) is 13.0. The van der Waals surface area contributed by atoms with Gasteiger partial charge in [-0.2, -0.15) is 0 Å². The van der Waals surface area contributed by atoms with Crippen molar-refractivity contribution in [2.75, 3.05) is 37.1 Å². The summed E-state index contributed by atoms with van der Waals surface area (Å²) < 4.78 is 18.7. The minimum Gasteiger partial charge on any atom is -0.491 e. The van der Waals surface area contributed by atoms with Crippen molar-refractivity contribution in [1.82, 2.24) is 20.5 Å². The smallest absolute Gasteiger partial charge is 0.329 e. The molecule has 3 aliphatic rings. The molecule has 4 heterocycles. The molecule has 6 N–H and O–H groups in total. The second-order valence-electron chi connectivity index (χ2n) is 17.4. The summed E-state index contributed by atoms with van der Waals surface area (Å²) in [5, 5.41) is 18.4. The van der Waals surface area contributed by atoms with Crippen molar-refractivity contribution in [3.8, 4) is 17.6 Å². The van der Waals surface area contributed by atoms with E-state index < -0.39 is 83.3 Å². The minimum atomic E-state index is -2.25. The van der Waals surface area contributed by atoms with E-state index in [0.717, 1.165) is 9.60 Å². The number of benzene rings is 5. The first-order chi connectivity index (χ1) is 34.4. The lowest BCUT2D eigenvalue weighted by atomic mass is 9.65. The lowest BCUT2D eigenvalue weighted by Crippen LogP contribution is -2.57. The van der Waals surface area contributed by atoms with Gasteiger partial charge in [-0.15, -0.1) is 0 Å². The number of hydrogen-bond donors (Lipinski definition) is 5. The number of aromatic nitrogens is 1. The third-order valence-corrected chi connectivity index (χ3v) is 14.0. The Balaban J connectivity index is 1.38. The van der Waals surface area contributed by atoms with Gasteiger partial charge < -0.3 is 41.0 Å². The Bertz CT molecular complexity index is 3070. The number of aliphatic hydroxyl groups excluding tert-OH is 1. The van der Waals surface area contributed by atoms with Crippen LogP contribution in [-0.4, -0.2) is 89.8 Å². The maximum atomic E-state index is 16.7. The van der Waals surface area contributed by atoms with E-state index in [9.17, 15) is 14.7 Å². The summed E-state index contributed by atoms with van der Waals surface area (Å²) in [6, 6.07) is 30.4. The van der Waals surface area contributed by atoms with Crippen molar-refractivity contribution < 1.29 is 48.1 Å². The fourth-order valence-corrected chi connectivity index (χ4v) is 11.0. The Hall–Kier alpha value is -8.11. The summed E-state index contributed by atoms with van der Waals surface area (Å²) in [6.45, 7) is 2.73. The number of morpholine rings is 1. The van der Waals surface area contributed by atoms with E-state index in [4.69, 9.17) is 24.9 Å². The molecule has 2 fully saturated rings. The van der Waals surface area contributed by atoms with Crippen LogP contribution >= 0.6 is 11.3 Å². The average Bonchev–Trinajstić information content (AvgIpc) is 4.01. The van der Waals surface area contributed by atoms with E-state index in [-0.39, 0.29) is 41.9 Å². The first kappa shape index (κ1) is 47.9. The summed E-state index contributed by atoms with van der Waals surface area (Å²) in [5.41, 5.74) is 5.76. The fraction of sp³-hybridized carbons (Fsp3) is 0.264. The average molecular weight is 976 g/mol. The van der Waals surface area contributed by atoms with Crippen LogP contribution in [0.4, 0.5) is 20.4 Å². The van der Waals surface area contributed by atoms with Crippen LogP contribution in [0, 0.1) is 23.7 Å². The van der Waals surface area contributed by atoms with Crippen molar-refractivity contribution in [2.45, 2.75) is 49.5 Å². The Morgan fingerprint density at radius 2 is 1.59 bits per heavy atom. The number of imide groups is 1. The van der Waals surface area contributed by atoms with E-state index in [1.807, 2.05) is 83.8 Å². The van der Waals surface area contributed by atoms with E-state index in [1.165, 1.54) is 24.5 Å². The Labute approximate surface area is 412 Å². The zero-order valence-corrected chi connectivity index (χ0v) is 39.6. The molecule has 1 spiro atoms. The van der Waals surface area contributed by atoms with Crippen molar-refractivity contribution in [1.29, 1.82) is 0 Å². The number of nitrogens with one attached hydrogen (secondary N) is 3. The van der Waals surface area contributed by atoms with Gasteiger partial charge in [0.05, 0.1) is 54.2 Å². The summed E-state index contributed by atoms with van der Waals surface area (Å²) in [5.74, 6) is 0.568. The van der Waals surface area contributed by atoms with E-state index >= 15 is 19.2 Å². The summed E-state index contributed by atoms with van der Waals surface area (Å²) in [6.07, 6.45) is -1.02. The first-order valence-electron chi connectivity index (χ1n) is 22.8. The van der Waals surface area contributed by atoms with Gasteiger partial charge in [0.1, 0.15) is 36.0 Å². The number of rotatable bonds is 12. The molecule has 7 atom stereocenters. The number of carbonyl (C=O) groups is 6. The molecule has 0 bridgehead atoms. The maximum Gasteiger partial charge on any atom is 0.329 e. The van der Waals surface area contributed by atoms with Gasteiger partial charge in [-0.25, -0.2) is 24.3 Å². The van der Waals surface area contributed by atoms with Crippen LogP contribution in [-0.2, 0) is 34.1 Å². The quantitative estimate of drug-likeness (QED) is 0.0713. The Kier molecular flexibility index (Phi) is 13.6. The van der Waals surface area contributed by atoms with Crippen LogP contribution in [0.25, 0.3) is 10.2 Å². The maximum absolute atomic E-state index is 16.7. The minimum absolute atomic E-state index is 0.0290. The molecule has 3 aliphatic heterocycles. The van der Waals surface area contributed by atoms with E-state index in [1.54, 1.807) is 56.3 Å². The molecular weight excluding hydrogens is 927 g/mol. The number of amides is 6. The molecule has 1 aromatic heterocycles. The van der Waals surface area contributed by atoms with Crippen LogP contribution < -0.4 is 31.3 Å². The number of urea groups is 2.